The van der Waals surface area contributed by atoms with Gasteiger partial charge in [-0.2, -0.15) is 0 Å². The van der Waals surface area contributed by atoms with E-state index in [1.165, 1.54) is 12.1 Å². The highest BCUT2D eigenvalue weighted by atomic mass is 35.5. The largest absolute Gasteiger partial charge is 0.399 e. The first-order valence-corrected chi connectivity index (χ1v) is 12.0. The number of anilines is 3. The molecule has 0 spiro atoms. The minimum atomic E-state index is -1.31. The zero-order valence-electron chi connectivity index (χ0n) is 17.6. The van der Waals surface area contributed by atoms with E-state index >= 15 is 0 Å². The maximum Gasteiger partial charge on any atom is 0.257 e. The third-order valence-electron chi connectivity index (χ3n) is 5.62. The number of carbonyl (C=O) groups is 2. The highest BCUT2D eigenvalue weighted by Gasteiger charge is 2.67. The molecule has 0 unspecified atom stereocenters. The summed E-state index contributed by atoms with van der Waals surface area (Å²) in [6, 6.07) is 14.8. The Morgan fingerprint density at radius 2 is 1.59 bits per heavy atom. The molecule has 4 N–H and O–H groups in total. The summed E-state index contributed by atoms with van der Waals surface area (Å²) in [5.74, 6) is -2.02. The molecule has 0 aromatic heterocycles. The Morgan fingerprint density at radius 1 is 0.882 bits per heavy atom. The predicted molar refractivity (Wildman–Crippen MR) is 141 cm³/mol. The summed E-state index contributed by atoms with van der Waals surface area (Å²) >= 11 is 31.2. The molecule has 1 fully saturated rings. The molecule has 0 radical (unpaired) electrons. The lowest BCUT2D eigenvalue weighted by Gasteiger charge is -2.12. The van der Waals surface area contributed by atoms with Crippen molar-refractivity contribution in [1.29, 1.82) is 0 Å². The fraction of sp³-hybridized carbons (Fsp3) is 0.167. The standard InChI is InChI=1S/C24H18Cl5N3O2/c1-11-8-13(30)3-7-19(11)32-22(33)15-10-14(4-6-16(15)25)31-23(34)21-20(24(21,28)29)12-2-5-17(26)18(27)9-12/h2-10,20-21H,30H2,1H3,(H,31,34)(H,32,33)/t20-,21+/m1/s1. The van der Waals surface area contributed by atoms with Crippen LogP contribution in [0.25, 0.3) is 0 Å². The van der Waals surface area contributed by atoms with Gasteiger partial charge in [-0.05, 0) is 66.6 Å². The molecule has 5 nitrogen and oxygen atoms in total. The number of rotatable bonds is 5. The van der Waals surface area contributed by atoms with E-state index in [4.69, 9.17) is 63.7 Å². The molecule has 0 aliphatic heterocycles. The van der Waals surface area contributed by atoms with Gasteiger partial charge in [0, 0.05) is 23.0 Å². The van der Waals surface area contributed by atoms with E-state index in [1.54, 1.807) is 42.5 Å². The first-order valence-electron chi connectivity index (χ1n) is 10.1. The molecule has 1 aliphatic rings. The first-order chi connectivity index (χ1) is 16.0. The zero-order valence-corrected chi connectivity index (χ0v) is 21.4. The van der Waals surface area contributed by atoms with Gasteiger partial charge in [0.15, 0.2) is 0 Å². The number of nitrogens with two attached hydrogens (primary N) is 1. The molecule has 1 saturated carbocycles. The van der Waals surface area contributed by atoms with E-state index < -0.39 is 28.0 Å². The number of carbonyl (C=O) groups excluding carboxylic acids is 2. The molecule has 0 bridgehead atoms. The quantitative estimate of drug-likeness (QED) is 0.227. The minimum Gasteiger partial charge on any atom is -0.399 e. The van der Waals surface area contributed by atoms with Gasteiger partial charge in [0.1, 0.15) is 4.33 Å². The van der Waals surface area contributed by atoms with Crippen molar-refractivity contribution in [2.24, 2.45) is 5.92 Å². The van der Waals surface area contributed by atoms with Crippen LogP contribution in [0.3, 0.4) is 0 Å². The molecule has 2 amide bonds. The van der Waals surface area contributed by atoms with E-state index in [0.29, 0.717) is 32.7 Å². The van der Waals surface area contributed by atoms with Crippen molar-refractivity contribution in [3.63, 3.8) is 0 Å². The molecular formula is C24H18Cl5N3O2. The molecule has 0 heterocycles. The molecular weight excluding hydrogens is 540 g/mol. The fourth-order valence-electron chi connectivity index (χ4n) is 3.79. The van der Waals surface area contributed by atoms with Crippen LogP contribution in [-0.4, -0.2) is 16.1 Å². The predicted octanol–water partition coefficient (Wildman–Crippen LogP) is 7.32. The van der Waals surface area contributed by atoms with Gasteiger partial charge < -0.3 is 16.4 Å². The summed E-state index contributed by atoms with van der Waals surface area (Å²) in [4.78, 5) is 25.8. The second-order valence-corrected chi connectivity index (χ2v) is 10.7. The van der Waals surface area contributed by atoms with E-state index in [0.717, 1.165) is 5.56 Å². The van der Waals surface area contributed by atoms with Crippen molar-refractivity contribution >= 4 is 86.9 Å². The Morgan fingerprint density at radius 3 is 2.26 bits per heavy atom. The maximum absolute atomic E-state index is 13.0. The topological polar surface area (TPSA) is 84.2 Å². The highest BCUT2D eigenvalue weighted by molar-refractivity contribution is 6.53. The van der Waals surface area contributed by atoms with Gasteiger partial charge in [-0.15, -0.1) is 23.2 Å². The fourth-order valence-corrected chi connectivity index (χ4v) is 5.13. The number of alkyl halides is 2. The van der Waals surface area contributed by atoms with E-state index in [2.05, 4.69) is 10.6 Å². The molecule has 4 rings (SSSR count). The van der Waals surface area contributed by atoms with Crippen molar-refractivity contribution in [3.05, 3.63) is 86.4 Å². The highest BCUT2D eigenvalue weighted by Crippen LogP contribution is 2.65. The number of amides is 2. The van der Waals surface area contributed by atoms with Gasteiger partial charge in [0.2, 0.25) is 5.91 Å². The SMILES string of the molecule is Cc1cc(N)ccc1NC(=O)c1cc(NC(=O)[C@@H]2[C@@H](c3ccc(Cl)c(Cl)c3)C2(Cl)Cl)ccc1Cl. The van der Waals surface area contributed by atoms with Gasteiger partial charge in [0.25, 0.3) is 5.91 Å². The van der Waals surface area contributed by atoms with Gasteiger partial charge in [-0.25, -0.2) is 0 Å². The summed E-state index contributed by atoms with van der Waals surface area (Å²) < 4.78 is -1.31. The Hall–Kier alpha value is -2.15. The number of hydrogen-bond donors (Lipinski definition) is 3. The summed E-state index contributed by atoms with van der Waals surface area (Å²) in [6.45, 7) is 1.83. The lowest BCUT2D eigenvalue weighted by molar-refractivity contribution is -0.117. The third-order valence-corrected chi connectivity index (χ3v) is 7.62. The molecule has 3 aromatic rings. The Kier molecular flexibility index (Phi) is 6.96. The van der Waals surface area contributed by atoms with E-state index in [-0.39, 0.29) is 10.6 Å². The van der Waals surface area contributed by atoms with Crippen LogP contribution < -0.4 is 16.4 Å². The van der Waals surface area contributed by atoms with Gasteiger partial charge >= 0.3 is 0 Å². The summed E-state index contributed by atoms with van der Waals surface area (Å²) in [5, 5.41) is 6.54. The molecule has 34 heavy (non-hydrogen) atoms. The Labute approximate surface area is 221 Å². The van der Waals surface area contributed by atoms with Crippen LogP contribution in [-0.2, 0) is 4.79 Å². The van der Waals surface area contributed by atoms with Gasteiger partial charge in [-0.3, -0.25) is 9.59 Å². The number of nitrogen functional groups attached to an aromatic ring is 1. The Bertz CT molecular complexity index is 1310. The number of hydrogen-bond acceptors (Lipinski definition) is 3. The van der Waals surface area contributed by atoms with Crippen molar-refractivity contribution in [2.45, 2.75) is 17.2 Å². The number of aryl methyl sites for hydroxylation is 1. The Balaban J connectivity index is 1.51. The van der Waals surface area contributed by atoms with Crippen LogP contribution in [0.2, 0.25) is 15.1 Å². The maximum atomic E-state index is 13.0. The molecule has 10 heteroatoms. The van der Waals surface area contributed by atoms with Crippen molar-refractivity contribution < 1.29 is 9.59 Å². The molecule has 3 aromatic carbocycles. The van der Waals surface area contributed by atoms with Crippen molar-refractivity contribution in [1.82, 2.24) is 0 Å². The third kappa shape index (κ3) is 4.95. The van der Waals surface area contributed by atoms with Gasteiger partial charge in [-0.1, -0.05) is 40.9 Å². The average molecular weight is 558 g/mol. The van der Waals surface area contributed by atoms with Crippen LogP contribution in [0.5, 0.6) is 0 Å². The lowest BCUT2D eigenvalue weighted by atomic mass is 10.1. The first kappa shape index (κ1) is 25.0. The second-order valence-electron chi connectivity index (χ2n) is 8.02. The molecule has 176 valence electrons. The van der Waals surface area contributed by atoms with Crippen LogP contribution >= 0.6 is 58.0 Å². The smallest absolute Gasteiger partial charge is 0.257 e. The minimum absolute atomic E-state index is 0.190. The summed E-state index contributed by atoms with van der Waals surface area (Å²) in [6.07, 6.45) is 0. The summed E-state index contributed by atoms with van der Waals surface area (Å²) in [5.41, 5.74) is 9.02. The molecule has 0 saturated heterocycles. The van der Waals surface area contributed by atoms with Crippen LogP contribution in [0, 0.1) is 12.8 Å². The second kappa shape index (κ2) is 9.48. The van der Waals surface area contributed by atoms with Crippen LogP contribution in [0.1, 0.15) is 27.4 Å². The monoisotopic (exact) mass is 555 g/mol. The van der Waals surface area contributed by atoms with Crippen molar-refractivity contribution in [3.8, 4) is 0 Å². The number of benzene rings is 3. The zero-order chi connectivity index (χ0) is 24.8. The van der Waals surface area contributed by atoms with Crippen LogP contribution in [0.4, 0.5) is 17.1 Å². The molecule has 2 atom stereocenters. The van der Waals surface area contributed by atoms with Crippen LogP contribution in [0.15, 0.2) is 54.6 Å². The summed E-state index contributed by atoms with van der Waals surface area (Å²) in [7, 11) is 0. The van der Waals surface area contributed by atoms with E-state index in [9.17, 15) is 9.59 Å². The number of nitrogens with one attached hydrogen (secondary N) is 2. The lowest BCUT2D eigenvalue weighted by Crippen LogP contribution is -2.18. The van der Waals surface area contributed by atoms with E-state index in [1.807, 2.05) is 6.92 Å². The molecule has 1 aliphatic carbocycles. The average Bonchev–Trinajstić information content (AvgIpc) is 3.35. The van der Waals surface area contributed by atoms with Gasteiger partial charge in [0.05, 0.1) is 26.5 Å². The van der Waals surface area contributed by atoms with Crippen molar-refractivity contribution in [2.75, 3.05) is 16.4 Å². The number of halogens is 5. The normalized spacial score (nSPS) is 18.3.